The van der Waals surface area contributed by atoms with Crippen LogP contribution in [0.4, 0.5) is 5.82 Å². The number of rotatable bonds is 3. The fraction of sp³-hybridized carbons (Fsp3) is 0.462. The molecule has 3 rings (SSSR count). The molecule has 6 nitrogen and oxygen atoms in total. The lowest BCUT2D eigenvalue weighted by Crippen LogP contribution is -2.27. The molecule has 0 aromatic carbocycles. The summed E-state index contributed by atoms with van der Waals surface area (Å²) >= 11 is 0. The summed E-state index contributed by atoms with van der Waals surface area (Å²) in [7, 11) is 0. The Balaban J connectivity index is 1.97. The van der Waals surface area contributed by atoms with Crippen molar-refractivity contribution in [3.05, 3.63) is 24.2 Å². The zero-order valence-electron chi connectivity index (χ0n) is 10.9. The lowest BCUT2D eigenvalue weighted by molar-refractivity contribution is 0.423. The Labute approximate surface area is 111 Å². The van der Waals surface area contributed by atoms with Crippen LogP contribution in [0.1, 0.15) is 19.2 Å². The molecule has 3 heterocycles. The monoisotopic (exact) mass is 259 g/mol. The van der Waals surface area contributed by atoms with Gasteiger partial charge in [0.25, 0.3) is 5.89 Å². The molecule has 0 saturated carbocycles. The maximum atomic E-state index is 5.96. The van der Waals surface area contributed by atoms with Crippen LogP contribution < -0.4 is 10.6 Å². The molecule has 1 fully saturated rings. The molecule has 100 valence electrons. The summed E-state index contributed by atoms with van der Waals surface area (Å²) in [6.07, 6.45) is 3.52. The summed E-state index contributed by atoms with van der Waals surface area (Å²) in [5, 5.41) is 3.94. The van der Waals surface area contributed by atoms with Crippen LogP contribution in [0, 0.1) is 0 Å². The number of nitrogens with zero attached hydrogens (tertiary/aromatic N) is 4. The number of anilines is 1. The summed E-state index contributed by atoms with van der Waals surface area (Å²) in [6.45, 7) is 3.73. The van der Waals surface area contributed by atoms with Crippen molar-refractivity contribution in [1.82, 2.24) is 15.1 Å². The molecule has 6 heteroatoms. The van der Waals surface area contributed by atoms with E-state index in [0.717, 1.165) is 37.3 Å². The van der Waals surface area contributed by atoms with Gasteiger partial charge in [0.1, 0.15) is 5.82 Å². The normalized spacial score (nSPS) is 19.1. The van der Waals surface area contributed by atoms with E-state index in [4.69, 9.17) is 10.3 Å². The fourth-order valence-corrected chi connectivity index (χ4v) is 2.30. The quantitative estimate of drug-likeness (QED) is 0.893. The van der Waals surface area contributed by atoms with Crippen LogP contribution in [0.2, 0.25) is 0 Å². The number of hydrogen-bond donors (Lipinski definition) is 1. The summed E-state index contributed by atoms with van der Waals surface area (Å²) in [4.78, 5) is 11.0. The van der Waals surface area contributed by atoms with Gasteiger partial charge in [-0.15, -0.1) is 0 Å². The Morgan fingerprint density at radius 2 is 2.42 bits per heavy atom. The molecule has 0 spiro atoms. The average Bonchev–Trinajstić information content (AvgIpc) is 3.07. The van der Waals surface area contributed by atoms with Gasteiger partial charge in [0.05, 0.1) is 5.56 Å². The third-order valence-corrected chi connectivity index (χ3v) is 3.33. The summed E-state index contributed by atoms with van der Waals surface area (Å²) < 4.78 is 5.31. The highest BCUT2D eigenvalue weighted by molar-refractivity contribution is 5.70. The maximum Gasteiger partial charge on any atom is 0.261 e. The number of aromatic nitrogens is 3. The molecule has 0 bridgehead atoms. The molecule has 1 unspecified atom stereocenters. The average molecular weight is 259 g/mol. The second-order valence-corrected chi connectivity index (χ2v) is 4.74. The van der Waals surface area contributed by atoms with Crippen LogP contribution in [-0.2, 0) is 6.42 Å². The van der Waals surface area contributed by atoms with Gasteiger partial charge in [0.15, 0.2) is 5.82 Å². The largest absolute Gasteiger partial charge is 0.354 e. The summed E-state index contributed by atoms with van der Waals surface area (Å²) in [5.74, 6) is 2.12. The van der Waals surface area contributed by atoms with Crippen molar-refractivity contribution < 1.29 is 4.52 Å². The predicted molar refractivity (Wildman–Crippen MR) is 71.7 cm³/mol. The summed E-state index contributed by atoms with van der Waals surface area (Å²) in [6, 6.07) is 4.05. The van der Waals surface area contributed by atoms with E-state index in [9.17, 15) is 0 Å². The van der Waals surface area contributed by atoms with Gasteiger partial charge in [-0.1, -0.05) is 12.1 Å². The molecule has 0 radical (unpaired) electrons. The Kier molecular flexibility index (Phi) is 3.16. The molecule has 1 atom stereocenters. The van der Waals surface area contributed by atoms with E-state index < -0.39 is 0 Å². The second kappa shape index (κ2) is 4.97. The lowest BCUT2D eigenvalue weighted by Gasteiger charge is -2.18. The molecule has 1 aliphatic rings. The van der Waals surface area contributed by atoms with Gasteiger partial charge in [0, 0.05) is 31.7 Å². The van der Waals surface area contributed by atoms with Gasteiger partial charge in [0.2, 0.25) is 0 Å². The molecule has 0 aliphatic carbocycles. The van der Waals surface area contributed by atoms with Crippen molar-refractivity contribution in [2.45, 2.75) is 25.8 Å². The Morgan fingerprint density at radius 3 is 3.11 bits per heavy atom. The molecule has 19 heavy (non-hydrogen) atoms. The minimum absolute atomic E-state index is 0.212. The van der Waals surface area contributed by atoms with Crippen LogP contribution in [-0.4, -0.2) is 34.3 Å². The highest BCUT2D eigenvalue weighted by Gasteiger charge is 2.24. The van der Waals surface area contributed by atoms with Crippen LogP contribution in [0.25, 0.3) is 11.5 Å². The third-order valence-electron chi connectivity index (χ3n) is 3.33. The van der Waals surface area contributed by atoms with Gasteiger partial charge < -0.3 is 15.2 Å². The first-order chi connectivity index (χ1) is 9.28. The second-order valence-electron chi connectivity index (χ2n) is 4.74. The first kappa shape index (κ1) is 12.1. The molecule has 0 amide bonds. The fourth-order valence-electron chi connectivity index (χ4n) is 2.30. The van der Waals surface area contributed by atoms with E-state index in [1.54, 1.807) is 6.20 Å². The molecule has 2 aromatic rings. The zero-order chi connectivity index (χ0) is 13.2. The summed E-state index contributed by atoms with van der Waals surface area (Å²) in [5.41, 5.74) is 6.83. The number of hydrogen-bond acceptors (Lipinski definition) is 6. The van der Waals surface area contributed by atoms with Crippen molar-refractivity contribution in [2.75, 3.05) is 18.0 Å². The standard InChI is InChI=1S/C13H17N5O/c1-2-11-16-13(19-17-11)10-4-3-6-15-12(10)18-7-5-9(14)8-18/h3-4,6,9H,2,5,7-8,14H2,1H3. The zero-order valence-corrected chi connectivity index (χ0v) is 10.9. The van der Waals surface area contributed by atoms with E-state index in [2.05, 4.69) is 20.0 Å². The van der Waals surface area contributed by atoms with Crippen LogP contribution >= 0.6 is 0 Å². The van der Waals surface area contributed by atoms with E-state index in [0.29, 0.717) is 11.7 Å². The van der Waals surface area contributed by atoms with Crippen molar-refractivity contribution in [2.24, 2.45) is 5.73 Å². The van der Waals surface area contributed by atoms with Crippen molar-refractivity contribution >= 4 is 5.82 Å². The van der Waals surface area contributed by atoms with Gasteiger partial charge in [-0.2, -0.15) is 4.98 Å². The van der Waals surface area contributed by atoms with E-state index in [-0.39, 0.29) is 6.04 Å². The topological polar surface area (TPSA) is 81.1 Å². The van der Waals surface area contributed by atoms with E-state index in [1.165, 1.54) is 0 Å². The maximum absolute atomic E-state index is 5.96. The highest BCUT2D eigenvalue weighted by Crippen LogP contribution is 2.29. The van der Waals surface area contributed by atoms with Crippen molar-refractivity contribution in [3.63, 3.8) is 0 Å². The SMILES string of the molecule is CCc1noc(-c2cccnc2N2CCC(N)C2)n1. The number of nitrogens with two attached hydrogens (primary N) is 1. The Hall–Kier alpha value is -1.95. The molecule has 1 saturated heterocycles. The molecule has 1 aliphatic heterocycles. The highest BCUT2D eigenvalue weighted by atomic mass is 16.5. The Bertz CT molecular complexity index is 568. The lowest BCUT2D eigenvalue weighted by atomic mass is 10.2. The van der Waals surface area contributed by atoms with Crippen LogP contribution in [0.3, 0.4) is 0 Å². The van der Waals surface area contributed by atoms with Gasteiger partial charge >= 0.3 is 0 Å². The first-order valence-electron chi connectivity index (χ1n) is 6.56. The van der Waals surface area contributed by atoms with Gasteiger partial charge in [-0.25, -0.2) is 4.98 Å². The first-order valence-corrected chi connectivity index (χ1v) is 6.56. The van der Waals surface area contributed by atoms with Crippen molar-refractivity contribution in [3.8, 4) is 11.5 Å². The van der Waals surface area contributed by atoms with Crippen LogP contribution in [0.15, 0.2) is 22.9 Å². The van der Waals surface area contributed by atoms with Crippen molar-refractivity contribution in [1.29, 1.82) is 0 Å². The van der Waals surface area contributed by atoms with E-state index in [1.807, 2.05) is 19.1 Å². The molecular weight excluding hydrogens is 242 g/mol. The minimum atomic E-state index is 0.212. The number of pyridine rings is 1. The van der Waals surface area contributed by atoms with E-state index >= 15 is 0 Å². The molecular formula is C13H17N5O. The molecule has 2 N–H and O–H groups in total. The van der Waals surface area contributed by atoms with Gasteiger partial charge in [-0.05, 0) is 18.6 Å². The predicted octanol–water partition coefficient (Wildman–Crippen LogP) is 1.23. The molecule has 2 aromatic heterocycles. The van der Waals surface area contributed by atoms with Crippen LogP contribution in [0.5, 0.6) is 0 Å². The Morgan fingerprint density at radius 1 is 1.53 bits per heavy atom. The number of aryl methyl sites for hydroxylation is 1. The van der Waals surface area contributed by atoms with Gasteiger partial charge in [-0.3, -0.25) is 0 Å². The third kappa shape index (κ3) is 2.31. The smallest absolute Gasteiger partial charge is 0.261 e. The minimum Gasteiger partial charge on any atom is -0.354 e.